The highest BCUT2D eigenvalue weighted by atomic mass is 35.5. The Hall–Kier alpha value is -1.09. The third kappa shape index (κ3) is 3.69. The maximum Gasteiger partial charge on any atom is 0.123 e. The van der Waals surface area contributed by atoms with E-state index < -0.39 is 0 Å². The van der Waals surface area contributed by atoms with Crippen LogP contribution in [0.2, 0.25) is 10.0 Å². The zero-order valence-corrected chi connectivity index (χ0v) is 12.0. The van der Waals surface area contributed by atoms with Gasteiger partial charge < -0.3 is 5.32 Å². The lowest BCUT2D eigenvalue weighted by Gasteiger charge is -2.18. The highest BCUT2D eigenvalue weighted by molar-refractivity contribution is 6.35. The van der Waals surface area contributed by atoms with Gasteiger partial charge in [-0.2, -0.15) is 0 Å². The largest absolute Gasteiger partial charge is 0.313 e. The van der Waals surface area contributed by atoms with E-state index in [1.54, 1.807) is 18.2 Å². The predicted molar refractivity (Wildman–Crippen MR) is 78.4 cm³/mol. The minimum Gasteiger partial charge on any atom is -0.313 e. The van der Waals surface area contributed by atoms with Crippen LogP contribution in [-0.2, 0) is 6.42 Å². The van der Waals surface area contributed by atoms with E-state index in [1.165, 1.54) is 12.1 Å². The first-order valence-corrected chi connectivity index (χ1v) is 6.72. The van der Waals surface area contributed by atoms with E-state index in [-0.39, 0.29) is 11.9 Å². The van der Waals surface area contributed by atoms with Gasteiger partial charge in [-0.25, -0.2) is 4.39 Å². The summed E-state index contributed by atoms with van der Waals surface area (Å²) in [7, 11) is 1.87. The summed E-state index contributed by atoms with van der Waals surface area (Å²) >= 11 is 12.1. The van der Waals surface area contributed by atoms with Crippen molar-refractivity contribution in [1.82, 2.24) is 5.32 Å². The molecule has 2 aromatic carbocycles. The van der Waals surface area contributed by atoms with E-state index in [0.717, 1.165) is 17.5 Å². The smallest absolute Gasteiger partial charge is 0.123 e. The minimum absolute atomic E-state index is 0.0650. The zero-order chi connectivity index (χ0) is 13.8. The van der Waals surface area contributed by atoms with Crippen LogP contribution in [0.3, 0.4) is 0 Å². The highest BCUT2D eigenvalue weighted by Crippen LogP contribution is 2.28. The fourth-order valence-electron chi connectivity index (χ4n) is 2.01. The number of benzene rings is 2. The molecule has 0 radical (unpaired) electrons. The first-order chi connectivity index (χ1) is 9.10. The minimum atomic E-state index is -0.228. The van der Waals surface area contributed by atoms with Gasteiger partial charge in [-0.3, -0.25) is 0 Å². The van der Waals surface area contributed by atoms with Gasteiger partial charge in [0.15, 0.2) is 0 Å². The van der Waals surface area contributed by atoms with Crippen LogP contribution in [0.25, 0.3) is 0 Å². The van der Waals surface area contributed by atoms with E-state index in [4.69, 9.17) is 23.2 Å². The van der Waals surface area contributed by atoms with Crippen molar-refractivity contribution in [1.29, 1.82) is 0 Å². The van der Waals surface area contributed by atoms with Gasteiger partial charge >= 0.3 is 0 Å². The molecule has 1 unspecified atom stereocenters. The van der Waals surface area contributed by atoms with Crippen molar-refractivity contribution >= 4 is 23.2 Å². The fraction of sp³-hybridized carbons (Fsp3) is 0.200. The summed E-state index contributed by atoms with van der Waals surface area (Å²) in [4.78, 5) is 0. The molecule has 19 heavy (non-hydrogen) atoms. The SMILES string of the molecule is CNC(Cc1ccc(F)cc1)c1ccc(Cl)cc1Cl. The Labute approximate surface area is 122 Å². The van der Waals surface area contributed by atoms with E-state index >= 15 is 0 Å². The second-order valence-electron chi connectivity index (χ2n) is 4.34. The molecule has 0 aliphatic rings. The molecule has 2 aromatic rings. The number of nitrogens with one attached hydrogen (secondary N) is 1. The van der Waals surface area contributed by atoms with Crippen LogP contribution >= 0.6 is 23.2 Å². The first-order valence-electron chi connectivity index (χ1n) is 5.97. The second kappa shape index (κ2) is 6.38. The molecule has 0 spiro atoms. The molecule has 0 bridgehead atoms. The quantitative estimate of drug-likeness (QED) is 0.867. The lowest BCUT2D eigenvalue weighted by molar-refractivity contribution is 0.589. The van der Waals surface area contributed by atoms with Crippen molar-refractivity contribution in [2.24, 2.45) is 0 Å². The van der Waals surface area contributed by atoms with Crippen LogP contribution < -0.4 is 5.32 Å². The molecule has 2 rings (SSSR count). The molecule has 0 heterocycles. The summed E-state index contributed by atoms with van der Waals surface area (Å²) in [5.41, 5.74) is 2.03. The van der Waals surface area contributed by atoms with E-state index in [9.17, 15) is 4.39 Å². The van der Waals surface area contributed by atoms with Gasteiger partial charge in [0.2, 0.25) is 0 Å². The molecule has 0 aromatic heterocycles. The average Bonchev–Trinajstić information content (AvgIpc) is 2.39. The van der Waals surface area contributed by atoms with Crippen molar-refractivity contribution < 1.29 is 4.39 Å². The maximum absolute atomic E-state index is 12.9. The predicted octanol–water partition coefficient (Wildman–Crippen LogP) is 4.64. The second-order valence-corrected chi connectivity index (χ2v) is 5.18. The van der Waals surface area contributed by atoms with Crippen molar-refractivity contribution in [3.63, 3.8) is 0 Å². The van der Waals surface area contributed by atoms with Crippen LogP contribution in [0.4, 0.5) is 4.39 Å². The number of likely N-dealkylation sites (N-methyl/N-ethyl adjacent to an activating group) is 1. The lowest BCUT2D eigenvalue weighted by atomic mass is 9.99. The average molecular weight is 298 g/mol. The fourth-order valence-corrected chi connectivity index (χ4v) is 2.55. The molecular formula is C15H14Cl2FN. The van der Waals surface area contributed by atoms with Crippen LogP contribution in [0.1, 0.15) is 17.2 Å². The molecule has 1 N–H and O–H groups in total. The Kier molecular flexibility index (Phi) is 4.81. The molecular weight excluding hydrogens is 284 g/mol. The summed E-state index contributed by atoms with van der Waals surface area (Å²) in [6.07, 6.45) is 0.734. The van der Waals surface area contributed by atoms with Gasteiger partial charge in [0.25, 0.3) is 0 Å². The van der Waals surface area contributed by atoms with Gasteiger partial charge in [-0.1, -0.05) is 41.4 Å². The number of hydrogen-bond donors (Lipinski definition) is 1. The van der Waals surface area contributed by atoms with Crippen LogP contribution in [-0.4, -0.2) is 7.05 Å². The molecule has 0 aliphatic carbocycles. The normalized spacial score (nSPS) is 12.4. The molecule has 0 saturated heterocycles. The summed E-state index contributed by atoms with van der Waals surface area (Å²) in [5, 5.41) is 4.47. The van der Waals surface area contributed by atoms with Gasteiger partial charge in [-0.15, -0.1) is 0 Å². The highest BCUT2D eigenvalue weighted by Gasteiger charge is 2.13. The third-order valence-corrected chi connectivity index (χ3v) is 3.60. The van der Waals surface area contributed by atoms with Gasteiger partial charge in [0, 0.05) is 16.1 Å². The maximum atomic E-state index is 12.9. The number of halogens is 3. The Bertz CT molecular complexity index is 555. The Morgan fingerprint density at radius 3 is 2.37 bits per heavy atom. The molecule has 4 heteroatoms. The van der Waals surface area contributed by atoms with Gasteiger partial charge in [0.05, 0.1) is 0 Å². The Balaban J connectivity index is 2.22. The van der Waals surface area contributed by atoms with Crippen molar-refractivity contribution in [2.75, 3.05) is 7.05 Å². The van der Waals surface area contributed by atoms with E-state index in [2.05, 4.69) is 5.32 Å². The third-order valence-electron chi connectivity index (χ3n) is 3.04. The molecule has 0 amide bonds. The zero-order valence-electron chi connectivity index (χ0n) is 10.5. The van der Waals surface area contributed by atoms with Gasteiger partial charge in [-0.05, 0) is 48.9 Å². The summed E-state index contributed by atoms with van der Waals surface area (Å²) in [6.45, 7) is 0. The van der Waals surface area contributed by atoms with Crippen molar-refractivity contribution in [3.8, 4) is 0 Å². The first kappa shape index (κ1) is 14.3. The van der Waals surface area contributed by atoms with Crippen LogP contribution in [0.5, 0.6) is 0 Å². The summed E-state index contributed by atoms with van der Waals surface area (Å²) in [6, 6.07) is 12.0. The Morgan fingerprint density at radius 1 is 1.11 bits per heavy atom. The summed E-state index contributed by atoms with van der Waals surface area (Å²) < 4.78 is 12.9. The standard InChI is InChI=1S/C15H14Cl2FN/c1-19-15(8-10-2-5-12(18)6-3-10)13-7-4-11(16)9-14(13)17/h2-7,9,15,19H,8H2,1H3. The number of rotatable bonds is 4. The van der Waals surface area contributed by atoms with Gasteiger partial charge in [0.1, 0.15) is 5.82 Å². The molecule has 1 nitrogen and oxygen atoms in total. The van der Waals surface area contributed by atoms with Crippen molar-refractivity contribution in [3.05, 3.63) is 69.5 Å². The Morgan fingerprint density at radius 2 is 1.79 bits per heavy atom. The van der Waals surface area contributed by atoms with E-state index in [0.29, 0.717) is 10.0 Å². The van der Waals surface area contributed by atoms with Crippen molar-refractivity contribution in [2.45, 2.75) is 12.5 Å². The summed E-state index contributed by atoms with van der Waals surface area (Å²) in [5.74, 6) is -0.228. The van der Waals surface area contributed by atoms with Crippen LogP contribution in [0.15, 0.2) is 42.5 Å². The van der Waals surface area contributed by atoms with Crippen LogP contribution in [0, 0.1) is 5.82 Å². The molecule has 0 saturated carbocycles. The van der Waals surface area contributed by atoms with E-state index in [1.807, 2.05) is 19.2 Å². The molecule has 0 aliphatic heterocycles. The number of hydrogen-bond acceptors (Lipinski definition) is 1. The topological polar surface area (TPSA) is 12.0 Å². The molecule has 0 fully saturated rings. The lowest BCUT2D eigenvalue weighted by Crippen LogP contribution is -2.19. The molecule has 1 atom stereocenters. The monoisotopic (exact) mass is 297 g/mol. The molecule has 100 valence electrons.